The first kappa shape index (κ1) is 18.9. The molecule has 3 N–H and O–H groups in total. The van der Waals surface area contributed by atoms with Crippen LogP contribution in [0.15, 0.2) is 54.6 Å². The summed E-state index contributed by atoms with van der Waals surface area (Å²) < 4.78 is 0. The molecule has 1 heterocycles. The highest BCUT2D eigenvalue weighted by molar-refractivity contribution is 6.30. The largest absolute Gasteiger partial charge is 0.352 e. The van der Waals surface area contributed by atoms with Gasteiger partial charge in [0.05, 0.1) is 6.04 Å². The Balaban J connectivity index is 1.74. The Morgan fingerprint density at radius 3 is 2.54 bits per heavy atom. The van der Waals surface area contributed by atoms with Crippen molar-refractivity contribution in [3.8, 4) is 0 Å². The van der Waals surface area contributed by atoms with E-state index in [1.165, 1.54) is 12.8 Å². The van der Waals surface area contributed by atoms with Gasteiger partial charge in [-0.1, -0.05) is 54.1 Å². The molecule has 0 aliphatic carbocycles. The van der Waals surface area contributed by atoms with Crippen LogP contribution in [0.3, 0.4) is 0 Å². The van der Waals surface area contributed by atoms with Crippen molar-refractivity contribution < 1.29 is 4.79 Å². The molecule has 1 amide bonds. The number of hydrogen-bond donors (Lipinski definition) is 2. The summed E-state index contributed by atoms with van der Waals surface area (Å²) in [5, 5.41) is 3.78. The fourth-order valence-electron chi connectivity index (χ4n) is 3.51. The van der Waals surface area contributed by atoms with Crippen LogP contribution in [0.5, 0.6) is 0 Å². The molecule has 1 fully saturated rings. The van der Waals surface area contributed by atoms with E-state index in [9.17, 15) is 4.79 Å². The summed E-state index contributed by atoms with van der Waals surface area (Å²) in [5.41, 5.74) is 7.20. The van der Waals surface area contributed by atoms with Gasteiger partial charge >= 0.3 is 0 Å². The molecule has 2 atom stereocenters. The number of benzene rings is 2. The zero-order valence-corrected chi connectivity index (χ0v) is 15.9. The summed E-state index contributed by atoms with van der Waals surface area (Å²) in [6.45, 7) is 4.33. The fourth-order valence-corrected chi connectivity index (χ4v) is 3.71. The number of likely N-dealkylation sites (tertiary alicyclic amines) is 1. The quantitative estimate of drug-likeness (QED) is 0.817. The Morgan fingerprint density at radius 2 is 1.88 bits per heavy atom. The van der Waals surface area contributed by atoms with Crippen LogP contribution in [0, 0.1) is 0 Å². The zero-order valence-electron chi connectivity index (χ0n) is 15.1. The lowest BCUT2D eigenvalue weighted by atomic mass is 9.92. The van der Waals surface area contributed by atoms with Gasteiger partial charge in [-0.25, -0.2) is 0 Å². The van der Waals surface area contributed by atoms with Gasteiger partial charge in [0.2, 0.25) is 5.91 Å². The molecule has 0 saturated carbocycles. The predicted octanol–water partition coefficient (Wildman–Crippen LogP) is 3.47. The molecule has 1 aliphatic rings. The second kappa shape index (κ2) is 8.21. The van der Waals surface area contributed by atoms with Gasteiger partial charge in [-0.3, -0.25) is 9.69 Å². The number of rotatable bonds is 6. The standard InChI is InChI=1S/C21H26ClN3O/c1-21(23,17-9-3-2-4-10-17)20(26)24-15-19(25-12-5-6-13-25)16-8-7-11-18(22)14-16/h2-4,7-11,14,19H,5-6,12-13,15,23H2,1H3,(H,24,26). The minimum Gasteiger partial charge on any atom is -0.352 e. The molecule has 0 aromatic heterocycles. The maximum Gasteiger partial charge on any atom is 0.244 e. The van der Waals surface area contributed by atoms with Crippen molar-refractivity contribution >= 4 is 17.5 Å². The first-order chi connectivity index (χ1) is 12.5. The highest BCUT2D eigenvalue weighted by Crippen LogP contribution is 2.27. The van der Waals surface area contributed by atoms with Crippen LogP contribution in [0.25, 0.3) is 0 Å². The molecule has 26 heavy (non-hydrogen) atoms. The Hall–Kier alpha value is -1.88. The number of nitrogens with one attached hydrogen (secondary N) is 1. The van der Waals surface area contributed by atoms with E-state index >= 15 is 0 Å². The summed E-state index contributed by atoms with van der Waals surface area (Å²) >= 11 is 6.19. The lowest BCUT2D eigenvalue weighted by Gasteiger charge is -2.30. The maximum atomic E-state index is 12.8. The van der Waals surface area contributed by atoms with Crippen molar-refractivity contribution in [1.29, 1.82) is 0 Å². The van der Waals surface area contributed by atoms with Gasteiger partial charge < -0.3 is 11.1 Å². The van der Waals surface area contributed by atoms with E-state index in [-0.39, 0.29) is 11.9 Å². The van der Waals surface area contributed by atoms with Gasteiger partial charge in [-0.2, -0.15) is 0 Å². The lowest BCUT2D eigenvalue weighted by molar-refractivity contribution is -0.126. The fraction of sp³-hybridized carbons (Fsp3) is 0.381. The Bertz CT molecular complexity index is 742. The smallest absolute Gasteiger partial charge is 0.244 e. The predicted molar refractivity (Wildman–Crippen MR) is 106 cm³/mol. The van der Waals surface area contributed by atoms with Crippen molar-refractivity contribution in [3.05, 3.63) is 70.7 Å². The molecule has 0 radical (unpaired) electrons. The molecule has 3 rings (SSSR count). The normalized spacial score (nSPS) is 18.3. The van der Waals surface area contributed by atoms with E-state index in [1.807, 2.05) is 48.5 Å². The number of carbonyl (C=O) groups excluding carboxylic acids is 1. The van der Waals surface area contributed by atoms with Crippen LogP contribution in [-0.2, 0) is 10.3 Å². The maximum absolute atomic E-state index is 12.8. The number of halogens is 1. The molecule has 2 aromatic carbocycles. The molecule has 0 bridgehead atoms. The van der Waals surface area contributed by atoms with E-state index in [0.717, 1.165) is 24.2 Å². The van der Waals surface area contributed by atoms with Crippen LogP contribution in [0.1, 0.15) is 36.9 Å². The molecule has 5 heteroatoms. The second-order valence-electron chi connectivity index (χ2n) is 7.09. The summed E-state index contributed by atoms with van der Waals surface area (Å²) in [4.78, 5) is 15.2. The van der Waals surface area contributed by atoms with Gasteiger partial charge in [-0.15, -0.1) is 0 Å². The van der Waals surface area contributed by atoms with Crippen LogP contribution in [-0.4, -0.2) is 30.4 Å². The van der Waals surface area contributed by atoms with Crippen LogP contribution in [0.2, 0.25) is 5.02 Å². The third-order valence-electron chi connectivity index (χ3n) is 5.12. The highest BCUT2D eigenvalue weighted by Gasteiger charge is 2.32. The van der Waals surface area contributed by atoms with E-state index in [1.54, 1.807) is 6.92 Å². The SMILES string of the molecule is CC(N)(C(=O)NCC(c1cccc(Cl)c1)N1CCCC1)c1ccccc1. The average molecular weight is 372 g/mol. The third kappa shape index (κ3) is 4.26. The minimum absolute atomic E-state index is 0.103. The Morgan fingerprint density at radius 1 is 1.19 bits per heavy atom. The van der Waals surface area contributed by atoms with Crippen molar-refractivity contribution in [1.82, 2.24) is 10.2 Å². The zero-order chi connectivity index (χ0) is 18.6. The Labute approximate surface area is 160 Å². The van der Waals surface area contributed by atoms with Gasteiger partial charge in [0, 0.05) is 11.6 Å². The molecule has 2 aromatic rings. The van der Waals surface area contributed by atoms with Crippen molar-refractivity contribution in [3.63, 3.8) is 0 Å². The summed E-state index contributed by atoms with van der Waals surface area (Å²) in [5.74, 6) is -0.171. The topological polar surface area (TPSA) is 58.4 Å². The first-order valence-corrected chi connectivity index (χ1v) is 9.48. The summed E-state index contributed by atoms with van der Waals surface area (Å²) in [6, 6.07) is 17.5. The van der Waals surface area contributed by atoms with Crippen LogP contribution in [0.4, 0.5) is 0 Å². The van der Waals surface area contributed by atoms with Crippen molar-refractivity contribution in [2.75, 3.05) is 19.6 Å². The van der Waals surface area contributed by atoms with Crippen molar-refractivity contribution in [2.45, 2.75) is 31.3 Å². The Kier molecular flexibility index (Phi) is 5.97. The summed E-state index contributed by atoms with van der Waals surface area (Å²) in [6.07, 6.45) is 2.37. The van der Waals surface area contributed by atoms with Gasteiger partial charge in [0.1, 0.15) is 5.54 Å². The van der Waals surface area contributed by atoms with Crippen molar-refractivity contribution in [2.24, 2.45) is 5.73 Å². The van der Waals surface area contributed by atoms with Gasteiger partial charge in [0.25, 0.3) is 0 Å². The molecule has 1 saturated heterocycles. The van der Waals surface area contributed by atoms with Crippen LogP contribution >= 0.6 is 11.6 Å². The molecular formula is C21H26ClN3O. The highest BCUT2D eigenvalue weighted by atomic mass is 35.5. The number of carbonyl (C=O) groups is 1. The molecule has 4 nitrogen and oxygen atoms in total. The lowest BCUT2D eigenvalue weighted by Crippen LogP contribution is -2.50. The molecule has 2 unspecified atom stereocenters. The van der Waals surface area contributed by atoms with E-state index < -0.39 is 5.54 Å². The molecule has 138 valence electrons. The van der Waals surface area contributed by atoms with E-state index in [0.29, 0.717) is 11.6 Å². The minimum atomic E-state index is -1.06. The molecule has 0 spiro atoms. The first-order valence-electron chi connectivity index (χ1n) is 9.10. The number of hydrogen-bond acceptors (Lipinski definition) is 3. The van der Waals surface area contributed by atoms with Crippen LogP contribution < -0.4 is 11.1 Å². The summed E-state index contributed by atoms with van der Waals surface area (Å²) in [7, 11) is 0. The number of nitrogens with two attached hydrogens (primary N) is 1. The number of amides is 1. The monoisotopic (exact) mass is 371 g/mol. The van der Waals surface area contributed by atoms with E-state index in [2.05, 4.69) is 16.3 Å². The second-order valence-corrected chi connectivity index (χ2v) is 7.53. The van der Waals surface area contributed by atoms with Gasteiger partial charge in [-0.05, 0) is 56.1 Å². The molecular weight excluding hydrogens is 346 g/mol. The molecule has 1 aliphatic heterocycles. The third-order valence-corrected chi connectivity index (χ3v) is 5.35. The van der Waals surface area contributed by atoms with Gasteiger partial charge in [0.15, 0.2) is 0 Å². The number of nitrogens with zero attached hydrogens (tertiary/aromatic N) is 1. The van der Waals surface area contributed by atoms with E-state index in [4.69, 9.17) is 17.3 Å². The average Bonchev–Trinajstić information content (AvgIpc) is 3.17.